The number of nitrogens with one attached hydrogen (secondary N) is 1. The first-order chi connectivity index (χ1) is 8.66. The van der Waals surface area contributed by atoms with Crippen LogP contribution >= 0.6 is 12.4 Å². The largest absolute Gasteiger partial charge is 0.317 e. The molecule has 0 aliphatic carbocycles. The van der Waals surface area contributed by atoms with Crippen LogP contribution in [0.5, 0.6) is 0 Å². The Morgan fingerprint density at radius 3 is 2.68 bits per heavy atom. The molecule has 1 aliphatic rings. The van der Waals surface area contributed by atoms with E-state index in [0.29, 0.717) is 0 Å². The minimum Gasteiger partial charge on any atom is -0.317 e. The van der Waals surface area contributed by atoms with E-state index in [2.05, 4.69) is 49.3 Å². The SMILES string of the molecule is Cc1ccc(CN(C)C2CCCNCC2)cc1C.Cl. The smallest absolute Gasteiger partial charge is 0.0233 e. The first kappa shape index (κ1) is 16.5. The third-order valence-electron chi connectivity index (χ3n) is 4.17. The Kier molecular flexibility index (Phi) is 6.84. The average molecular weight is 283 g/mol. The van der Waals surface area contributed by atoms with E-state index >= 15 is 0 Å². The number of benzene rings is 1. The molecule has 1 aromatic rings. The zero-order valence-electron chi connectivity index (χ0n) is 12.4. The normalized spacial score (nSPS) is 19.9. The first-order valence-electron chi connectivity index (χ1n) is 7.14. The lowest BCUT2D eigenvalue weighted by Crippen LogP contribution is -2.32. The van der Waals surface area contributed by atoms with Crippen molar-refractivity contribution in [1.82, 2.24) is 10.2 Å². The van der Waals surface area contributed by atoms with Crippen LogP contribution in [0.2, 0.25) is 0 Å². The topological polar surface area (TPSA) is 15.3 Å². The molecule has 3 heteroatoms. The summed E-state index contributed by atoms with van der Waals surface area (Å²) in [6, 6.07) is 7.59. The molecule has 1 saturated heterocycles. The number of aryl methyl sites for hydroxylation is 2. The summed E-state index contributed by atoms with van der Waals surface area (Å²) in [5.74, 6) is 0. The maximum atomic E-state index is 3.49. The van der Waals surface area contributed by atoms with Crippen molar-refractivity contribution in [1.29, 1.82) is 0 Å². The van der Waals surface area contributed by atoms with Crippen LogP contribution in [0.4, 0.5) is 0 Å². The van der Waals surface area contributed by atoms with Crippen LogP contribution in [0.1, 0.15) is 36.0 Å². The Labute approximate surface area is 124 Å². The Morgan fingerprint density at radius 2 is 1.95 bits per heavy atom. The second kappa shape index (κ2) is 7.88. The van der Waals surface area contributed by atoms with Crippen molar-refractivity contribution in [3.63, 3.8) is 0 Å². The van der Waals surface area contributed by atoms with Crippen molar-refractivity contribution in [2.45, 2.75) is 45.7 Å². The molecule has 0 radical (unpaired) electrons. The van der Waals surface area contributed by atoms with Crippen LogP contribution in [0.25, 0.3) is 0 Å². The first-order valence-corrected chi connectivity index (χ1v) is 7.14. The van der Waals surface area contributed by atoms with Crippen LogP contribution < -0.4 is 5.32 Å². The van der Waals surface area contributed by atoms with E-state index in [1.54, 1.807) is 0 Å². The van der Waals surface area contributed by atoms with Gasteiger partial charge in [0.15, 0.2) is 0 Å². The fourth-order valence-corrected chi connectivity index (χ4v) is 2.76. The molecule has 1 N–H and O–H groups in total. The van der Waals surface area contributed by atoms with Crippen molar-refractivity contribution >= 4 is 12.4 Å². The second-order valence-corrected chi connectivity index (χ2v) is 5.67. The minimum absolute atomic E-state index is 0. The Morgan fingerprint density at radius 1 is 1.16 bits per heavy atom. The highest BCUT2D eigenvalue weighted by atomic mass is 35.5. The summed E-state index contributed by atoms with van der Waals surface area (Å²) in [5.41, 5.74) is 4.24. The van der Waals surface area contributed by atoms with E-state index in [9.17, 15) is 0 Å². The summed E-state index contributed by atoms with van der Waals surface area (Å²) in [7, 11) is 2.27. The fourth-order valence-electron chi connectivity index (χ4n) is 2.76. The molecule has 1 unspecified atom stereocenters. The highest BCUT2D eigenvalue weighted by molar-refractivity contribution is 5.85. The lowest BCUT2D eigenvalue weighted by molar-refractivity contribution is 0.216. The Bertz CT molecular complexity index is 384. The third kappa shape index (κ3) is 4.79. The lowest BCUT2D eigenvalue weighted by Gasteiger charge is -2.27. The number of nitrogens with zero attached hydrogens (tertiary/aromatic N) is 1. The minimum atomic E-state index is 0. The molecule has 0 amide bonds. The molecule has 0 bridgehead atoms. The number of halogens is 1. The summed E-state index contributed by atoms with van der Waals surface area (Å²) in [6.07, 6.45) is 3.91. The van der Waals surface area contributed by atoms with Crippen LogP contribution in [0.3, 0.4) is 0 Å². The van der Waals surface area contributed by atoms with Gasteiger partial charge < -0.3 is 5.32 Å². The molecule has 0 saturated carbocycles. The summed E-state index contributed by atoms with van der Waals surface area (Å²) in [4.78, 5) is 2.52. The molecule has 1 aromatic carbocycles. The van der Waals surface area contributed by atoms with Crippen LogP contribution in [-0.2, 0) is 6.54 Å². The van der Waals surface area contributed by atoms with E-state index in [0.717, 1.165) is 12.6 Å². The predicted octanol–water partition coefficient (Wildman–Crippen LogP) is 3.30. The van der Waals surface area contributed by atoms with Gasteiger partial charge in [-0.3, -0.25) is 4.90 Å². The fraction of sp³-hybridized carbons (Fsp3) is 0.625. The lowest BCUT2D eigenvalue weighted by atomic mass is 10.0. The van der Waals surface area contributed by atoms with E-state index in [1.807, 2.05) is 0 Å². The molecule has 1 fully saturated rings. The van der Waals surface area contributed by atoms with Crippen molar-refractivity contribution in [2.24, 2.45) is 0 Å². The zero-order chi connectivity index (χ0) is 13.0. The van der Waals surface area contributed by atoms with Gasteiger partial charge in [0.1, 0.15) is 0 Å². The molecule has 0 aromatic heterocycles. The van der Waals surface area contributed by atoms with E-state index < -0.39 is 0 Å². The van der Waals surface area contributed by atoms with Gasteiger partial charge in [-0.1, -0.05) is 18.2 Å². The summed E-state index contributed by atoms with van der Waals surface area (Å²) >= 11 is 0. The van der Waals surface area contributed by atoms with Crippen molar-refractivity contribution in [3.8, 4) is 0 Å². The number of rotatable bonds is 3. The van der Waals surface area contributed by atoms with Crippen LogP contribution in [0.15, 0.2) is 18.2 Å². The van der Waals surface area contributed by atoms with Gasteiger partial charge in [-0.15, -0.1) is 12.4 Å². The maximum absolute atomic E-state index is 3.49. The molecule has 1 aliphatic heterocycles. The van der Waals surface area contributed by atoms with Crippen LogP contribution in [-0.4, -0.2) is 31.1 Å². The van der Waals surface area contributed by atoms with Gasteiger partial charge in [0.25, 0.3) is 0 Å². The molecule has 108 valence electrons. The monoisotopic (exact) mass is 282 g/mol. The van der Waals surface area contributed by atoms with E-state index in [-0.39, 0.29) is 12.4 Å². The molecule has 1 atom stereocenters. The predicted molar refractivity (Wildman–Crippen MR) is 85.1 cm³/mol. The van der Waals surface area contributed by atoms with Gasteiger partial charge in [-0.05, 0) is 69.9 Å². The van der Waals surface area contributed by atoms with Gasteiger partial charge >= 0.3 is 0 Å². The zero-order valence-corrected chi connectivity index (χ0v) is 13.2. The van der Waals surface area contributed by atoms with Crippen LogP contribution in [0, 0.1) is 13.8 Å². The summed E-state index contributed by atoms with van der Waals surface area (Å²) in [5, 5.41) is 3.49. The second-order valence-electron chi connectivity index (χ2n) is 5.67. The van der Waals surface area contributed by atoms with Gasteiger partial charge in [0.05, 0.1) is 0 Å². The molecular weight excluding hydrogens is 256 g/mol. The number of hydrogen-bond acceptors (Lipinski definition) is 2. The standard InChI is InChI=1S/C16H26N2.ClH/c1-13-6-7-15(11-14(13)2)12-18(3)16-5-4-9-17-10-8-16;/h6-7,11,16-17H,4-5,8-10,12H2,1-3H3;1H. The molecule has 0 spiro atoms. The highest BCUT2D eigenvalue weighted by Gasteiger charge is 2.16. The highest BCUT2D eigenvalue weighted by Crippen LogP contribution is 2.16. The third-order valence-corrected chi connectivity index (χ3v) is 4.17. The van der Waals surface area contributed by atoms with Crippen molar-refractivity contribution < 1.29 is 0 Å². The van der Waals surface area contributed by atoms with Crippen molar-refractivity contribution in [3.05, 3.63) is 34.9 Å². The van der Waals surface area contributed by atoms with Gasteiger partial charge in [0.2, 0.25) is 0 Å². The molecule has 2 rings (SSSR count). The van der Waals surface area contributed by atoms with E-state index in [1.165, 1.54) is 49.0 Å². The number of hydrogen-bond donors (Lipinski definition) is 1. The molecule has 19 heavy (non-hydrogen) atoms. The molecule has 2 nitrogen and oxygen atoms in total. The van der Waals surface area contributed by atoms with Gasteiger partial charge in [-0.25, -0.2) is 0 Å². The van der Waals surface area contributed by atoms with Gasteiger partial charge in [0, 0.05) is 12.6 Å². The Balaban J connectivity index is 0.00000180. The quantitative estimate of drug-likeness (QED) is 0.915. The Hall–Kier alpha value is -0.570. The average Bonchev–Trinajstić information content (AvgIpc) is 2.62. The van der Waals surface area contributed by atoms with Crippen molar-refractivity contribution in [2.75, 3.05) is 20.1 Å². The van der Waals surface area contributed by atoms with E-state index in [4.69, 9.17) is 0 Å². The van der Waals surface area contributed by atoms with Gasteiger partial charge in [-0.2, -0.15) is 0 Å². The summed E-state index contributed by atoms with van der Waals surface area (Å²) < 4.78 is 0. The maximum Gasteiger partial charge on any atom is 0.0233 e. The molecule has 1 heterocycles. The molecular formula is C16H27ClN2. The summed E-state index contributed by atoms with van der Waals surface area (Å²) in [6.45, 7) is 7.82.